The van der Waals surface area contributed by atoms with Crippen LogP contribution >= 0.6 is 11.6 Å². The van der Waals surface area contributed by atoms with E-state index in [0.29, 0.717) is 45.7 Å². The molecule has 8 nitrogen and oxygen atoms in total. The van der Waals surface area contributed by atoms with Gasteiger partial charge in [0.05, 0.1) is 20.5 Å². The molecule has 1 heterocycles. The third-order valence-electron chi connectivity index (χ3n) is 5.14. The number of carbonyl (C=O) groups excluding carboxylic acids is 2. The predicted molar refractivity (Wildman–Crippen MR) is 135 cm³/mol. The molecule has 2 amide bonds. The molecule has 0 bridgehead atoms. The highest BCUT2D eigenvalue weighted by Crippen LogP contribution is 2.23. The number of rotatable bonds is 8. The predicted octanol–water partition coefficient (Wildman–Crippen LogP) is 5.11. The molecule has 3 aromatic carbocycles. The molecule has 2 N–H and O–H groups in total. The molecule has 0 aliphatic carbocycles. The van der Waals surface area contributed by atoms with E-state index in [4.69, 9.17) is 21.1 Å². The van der Waals surface area contributed by atoms with Crippen molar-refractivity contribution in [1.82, 2.24) is 9.55 Å². The summed E-state index contributed by atoms with van der Waals surface area (Å²) < 4.78 is 12.3. The maximum absolute atomic E-state index is 12.7. The molecule has 0 fully saturated rings. The molecule has 0 saturated carbocycles. The van der Waals surface area contributed by atoms with Gasteiger partial charge in [0.25, 0.3) is 11.8 Å². The second kappa shape index (κ2) is 10.8. The van der Waals surface area contributed by atoms with Gasteiger partial charge in [0.15, 0.2) is 0 Å². The molecule has 0 radical (unpaired) electrons. The molecule has 0 spiro atoms. The van der Waals surface area contributed by atoms with Crippen LogP contribution in [0.25, 0.3) is 0 Å². The van der Waals surface area contributed by atoms with E-state index < -0.39 is 0 Å². The van der Waals surface area contributed by atoms with Crippen LogP contribution in [0.4, 0.5) is 11.4 Å². The number of carbonyl (C=O) groups is 2. The average molecular weight is 491 g/mol. The third kappa shape index (κ3) is 6.18. The van der Waals surface area contributed by atoms with Crippen LogP contribution in [0.2, 0.25) is 5.02 Å². The summed E-state index contributed by atoms with van der Waals surface area (Å²) in [4.78, 5) is 29.3. The summed E-state index contributed by atoms with van der Waals surface area (Å²) in [5, 5.41) is 6.18. The number of anilines is 2. The van der Waals surface area contributed by atoms with Gasteiger partial charge in [0, 0.05) is 40.8 Å². The number of hydrogen-bond acceptors (Lipinski definition) is 5. The second-order valence-electron chi connectivity index (χ2n) is 7.65. The van der Waals surface area contributed by atoms with Crippen LogP contribution in [0.3, 0.4) is 0 Å². The zero-order chi connectivity index (χ0) is 24.8. The minimum absolute atomic E-state index is 0.278. The first kappa shape index (κ1) is 23.8. The first-order valence-electron chi connectivity index (χ1n) is 10.7. The van der Waals surface area contributed by atoms with E-state index in [1.54, 1.807) is 55.0 Å². The molecule has 35 heavy (non-hydrogen) atoms. The van der Waals surface area contributed by atoms with E-state index in [1.165, 1.54) is 14.2 Å². The van der Waals surface area contributed by atoms with E-state index in [1.807, 2.05) is 28.8 Å². The Morgan fingerprint density at radius 3 is 2.23 bits per heavy atom. The van der Waals surface area contributed by atoms with Crippen LogP contribution in [0.1, 0.15) is 26.4 Å². The summed E-state index contributed by atoms with van der Waals surface area (Å²) in [6, 6.07) is 19.3. The normalized spacial score (nSPS) is 10.5. The fourth-order valence-corrected chi connectivity index (χ4v) is 3.56. The monoisotopic (exact) mass is 490 g/mol. The molecular weight excluding hydrogens is 468 g/mol. The lowest BCUT2D eigenvalue weighted by Gasteiger charge is -2.10. The first-order chi connectivity index (χ1) is 16.9. The highest BCUT2D eigenvalue weighted by Gasteiger charge is 2.12. The second-order valence-corrected chi connectivity index (χ2v) is 8.08. The number of benzene rings is 3. The van der Waals surface area contributed by atoms with Gasteiger partial charge in [-0.25, -0.2) is 4.98 Å². The lowest BCUT2D eigenvalue weighted by molar-refractivity contribution is 0.101. The van der Waals surface area contributed by atoms with Crippen LogP contribution in [-0.2, 0) is 6.54 Å². The van der Waals surface area contributed by atoms with Crippen molar-refractivity contribution < 1.29 is 19.1 Å². The van der Waals surface area contributed by atoms with Crippen LogP contribution in [0, 0.1) is 0 Å². The molecule has 1 aromatic heterocycles. The summed E-state index contributed by atoms with van der Waals surface area (Å²) in [6.45, 7) is 0.513. The topological polar surface area (TPSA) is 94.5 Å². The fraction of sp³-hybridized carbons (Fsp3) is 0.115. The lowest BCUT2D eigenvalue weighted by Crippen LogP contribution is -2.12. The van der Waals surface area contributed by atoms with Crippen molar-refractivity contribution in [2.45, 2.75) is 6.54 Å². The minimum atomic E-state index is -0.321. The Morgan fingerprint density at radius 2 is 1.57 bits per heavy atom. The first-order valence-corrected chi connectivity index (χ1v) is 11.0. The van der Waals surface area contributed by atoms with Crippen molar-refractivity contribution in [3.8, 4) is 11.5 Å². The summed E-state index contributed by atoms with van der Waals surface area (Å²) in [7, 11) is 3.06. The molecule has 4 aromatic rings. The van der Waals surface area contributed by atoms with Crippen LogP contribution in [0.5, 0.6) is 11.5 Å². The quantitative estimate of drug-likeness (QED) is 0.358. The van der Waals surface area contributed by atoms with E-state index in [-0.39, 0.29) is 11.8 Å². The zero-order valence-corrected chi connectivity index (χ0v) is 19.9. The van der Waals surface area contributed by atoms with Crippen LogP contribution in [-0.4, -0.2) is 35.6 Å². The van der Waals surface area contributed by atoms with E-state index >= 15 is 0 Å². The van der Waals surface area contributed by atoms with Gasteiger partial charge < -0.3 is 24.7 Å². The zero-order valence-electron chi connectivity index (χ0n) is 19.1. The van der Waals surface area contributed by atoms with Gasteiger partial charge in [-0.15, -0.1) is 0 Å². The van der Waals surface area contributed by atoms with E-state index in [0.717, 1.165) is 5.56 Å². The molecular formula is C26H23ClN4O4. The van der Waals surface area contributed by atoms with Gasteiger partial charge in [-0.3, -0.25) is 9.59 Å². The number of amides is 2. The number of aromatic nitrogens is 2. The van der Waals surface area contributed by atoms with Crippen LogP contribution in [0.15, 0.2) is 79.3 Å². The third-order valence-corrected chi connectivity index (χ3v) is 5.37. The van der Waals surface area contributed by atoms with Gasteiger partial charge in [0.1, 0.15) is 17.2 Å². The molecule has 0 aliphatic rings. The summed E-state index contributed by atoms with van der Waals surface area (Å²) in [5.74, 6) is 0.467. The van der Waals surface area contributed by atoms with E-state index in [2.05, 4.69) is 15.6 Å². The van der Waals surface area contributed by atoms with Crippen molar-refractivity contribution >= 4 is 34.8 Å². The summed E-state index contributed by atoms with van der Waals surface area (Å²) in [5.41, 5.74) is 2.94. The van der Waals surface area contributed by atoms with Crippen molar-refractivity contribution in [1.29, 1.82) is 0 Å². The Bertz CT molecular complexity index is 1330. The number of methoxy groups -OCH3 is 2. The fourth-order valence-electron chi connectivity index (χ4n) is 3.37. The molecule has 178 valence electrons. The largest absolute Gasteiger partial charge is 0.497 e. The molecule has 4 rings (SSSR count). The number of nitrogens with zero attached hydrogens (tertiary/aromatic N) is 2. The average Bonchev–Trinajstić information content (AvgIpc) is 3.33. The van der Waals surface area contributed by atoms with Crippen molar-refractivity contribution in [3.63, 3.8) is 0 Å². The van der Waals surface area contributed by atoms with Crippen molar-refractivity contribution in [3.05, 3.63) is 101 Å². The highest BCUT2D eigenvalue weighted by atomic mass is 35.5. The SMILES string of the molecule is COc1cc(OC)cc(C(=O)Nc2ccc(Cn3cnc(C(=O)Nc4cccc(Cl)c4)c3)cc2)c1. The number of hydrogen-bond donors (Lipinski definition) is 2. The Kier molecular flexibility index (Phi) is 7.32. The smallest absolute Gasteiger partial charge is 0.275 e. The minimum Gasteiger partial charge on any atom is -0.497 e. The molecule has 0 aliphatic heterocycles. The van der Waals surface area contributed by atoms with Gasteiger partial charge in [-0.05, 0) is 48.0 Å². The lowest BCUT2D eigenvalue weighted by atomic mass is 10.1. The number of ether oxygens (including phenoxy) is 2. The number of imidazole rings is 1. The Balaban J connectivity index is 1.37. The standard InChI is InChI=1S/C26H23ClN4O4/c1-34-22-10-18(11-23(13-22)35-2)25(32)29-20-8-6-17(7-9-20)14-31-15-24(28-16-31)26(33)30-21-5-3-4-19(27)12-21/h3-13,15-16H,14H2,1-2H3,(H,29,32)(H,30,33). The molecule has 0 atom stereocenters. The summed E-state index contributed by atoms with van der Waals surface area (Å²) >= 11 is 5.96. The van der Waals surface area contributed by atoms with Gasteiger partial charge in [0.2, 0.25) is 0 Å². The number of halogens is 1. The highest BCUT2D eigenvalue weighted by molar-refractivity contribution is 6.30. The maximum atomic E-state index is 12.7. The van der Waals surface area contributed by atoms with Gasteiger partial charge >= 0.3 is 0 Å². The van der Waals surface area contributed by atoms with Gasteiger partial charge in [-0.2, -0.15) is 0 Å². The Hall–Kier alpha value is -4.30. The summed E-state index contributed by atoms with van der Waals surface area (Å²) in [6.07, 6.45) is 3.27. The molecule has 0 saturated heterocycles. The Morgan fingerprint density at radius 1 is 0.886 bits per heavy atom. The Labute approximate surface area is 207 Å². The van der Waals surface area contributed by atoms with Gasteiger partial charge in [-0.1, -0.05) is 29.8 Å². The van der Waals surface area contributed by atoms with E-state index in [9.17, 15) is 9.59 Å². The number of nitrogens with one attached hydrogen (secondary N) is 2. The molecule has 0 unspecified atom stereocenters. The van der Waals surface area contributed by atoms with Crippen molar-refractivity contribution in [2.75, 3.05) is 24.9 Å². The molecule has 9 heteroatoms. The van der Waals surface area contributed by atoms with Crippen molar-refractivity contribution in [2.24, 2.45) is 0 Å². The maximum Gasteiger partial charge on any atom is 0.275 e. The van der Waals surface area contributed by atoms with Crippen LogP contribution < -0.4 is 20.1 Å².